The summed E-state index contributed by atoms with van der Waals surface area (Å²) in [5.74, 6) is 0.630. The van der Waals surface area contributed by atoms with Crippen LogP contribution in [0.1, 0.15) is 57.9 Å². The number of esters is 1. The molecule has 1 aliphatic rings. The smallest absolute Gasteiger partial charge is 0.347 e. The summed E-state index contributed by atoms with van der Waals surface area (Å²) in [6, 6.07) is 7.92. The zero-order valence-corrected chi connectivity index (χ0v) is 13.1. The lowest BCUT2D eigenvalue weighted by molar-refractivity contribution is -0.159. The van der Waals surface area contributed by atoms with Crippen LogP contribution in [-0.4, -0.2) is 18.2 Å². The number of aryl methyl sites for hydroxylation is 1. The molecule has 3 nitrogen and oxygen atoms in total. The van der Waals surface area contributed by atoms with E-state index < -0.39 is 6.10 Å². The summed E-state index contributed by atoms with van der Waals surface area (Å²) in [4.78, 5) is 12.3. The van der Waals surface area contributed by atoms with Crippen molar-refractivity contribution in [3.05, 3.63) is 29.8 Å². The molecule has 0 saturated heterocycles. The van der Waals surface area contributed by atoms with E-state index in [4.69, 9.17) is 9.47 Å². The van der Waals surface area contributed by atoms with Gasteiger partial charge in [0, 0.05) is 0 Å². The van der Waals surface area contributed by atoms with Gasteiger partial charge in [0.2, 0.25) is 0 Å². The van der Waals surface area contributed by atoms with E-state index in [9.17, 15) is 4.79 Å². The Morgan fingerprint density at radius 2 is 2.10 bits per heavy atom. The average Bonchev–Trinajstić information content (AvgIpc) is 2.52. The molecule has 2 rings (SSSR count). The number of ether oxygens (including phenoxy) is 2. The van der Waals surface area contributed by atoms with E-state index in [1.54, 1.807) is 0 Å². The highest BCUT2D eigenvalue weighted by Gasteiger charge is 2.28. The summed E-state index contributed by atoms with van der Waals surface area (Å²) < 4.78 is 11.5. The van der Waals surface area contributed by atoms with E-state index in [1.165, 1.54) is 5.56 Å². The molecule has 116 valence electrons. The van der Waals surface area contributed by atoms with Gasteiger partial charge in [-0.3, -0.25) is 0 Å². The van der Waals surface area contributed by atoms with Crippen molar-refractivity contribution in [1.82, 2.24) is 0 Å². The maximum absolute atomic E-state index is 12.3. The molecule has 2 atom stereocenters. The molecular weight excluding hydrogens is 264 g/mol. The standard InChI is InChI=1S/C18H26O3/c1-3-5-10-15(8-4-2)20-18(19)17-13-12-14-9-6-7-11-16(14)21-17/h6-7,9,11,15,17H,3-5,8,10,12-13H2,1-2H3. The van der Waals surface area contributed by atoms with Gasteiger partial charge in [0.15, 0.2) is 6.10 Å². The van der Waals surface area contributed by atoms with Crippen LogP contribution in [0.3, 0.4) is 0 Å². The summed E-state index contributed by atoms with van der Waals surface area (Å²) >= 11 is 0. The number of carbonyl (C=O) groups excluding carboxylic acids is 1. The van der Waals surface area contributed by atoms with E-state index in [0.717, 1.165) is 44.3 Å². The van der Waals surface area contributed by atoms with Gasteiger partial charge < -0.3 is 9.47 Å². The van der Waals surface area contributed by atoms with Gasteiger partial charge in [-0.1, -0.05) is 51.3 Å². The van der Waals surface area contributed by atoms with Crippen molar-refractivity contribution in [1.29, 1.82) is 0 Å². The minimum absolute atomic E-state index is 0.0446. The zero-order valence-electron chi connectivity index (χ0n) is 13.1. The lowest BCUT2D eigenvalue weighted by Gasteiger charge is -2.26. The normalized spacial score (nSPS) is 18.5. The average molecular weight is 290 g/mol. The lowest BCUT2D eigenvalue weighted by Crippen LogP contribution is -2.35. The van der Waals surface area contributed by atoms with Crippen molar-refractivity contribution in [3.8, 4) is 5.75 Å². The van der Waals surface area contributed by atoms with Crippen molar-refractivity contribution >= 4 is 5.97 Å². The highest BCUT2D eigenvalue weighted by Crippen LogP contribution is 2.28. The van der Waals surface area contributed by atoms with E-state index in [-0.39, 0.29) is 12.1 Å². The molecule has 1 aromatic rings. The predicted molar refractivity (Wildman–Crippen MR) is 83.5 cm³/mol. The third kappa shape index (κ3) is 4.48. The highest BCUT2D eigenvalue weighted by molar-refractivity contribution is 5.75. The second kappa shape index (κ2) is 8.06. The van der Waals surface area contributed by atoms with Crippen LogP contribution in [0.4, 0.5) is 0 Å². The Hall–Kier alpha value is -1.51. The molecule has 21 heavy (non-hydrogen) atoms. The third-order valence-corrected chi connectivity index (χ3v) is 3.95. The van der Waals surface area contributed by atoms with Gasteiger partial charge in [0.25, 0.3) is 0 Å². The molecule has 0 aromatic heterocycles. The first kappa shape index (κ1) is 15.9. The van der Waals surface area contributed by atoms with Crippen molar-refractivity contribution in [2.24, 2.45) is 0 Å². The summed E-state index contributed by atoms with van der Waals surface area (Å²) in [6.45, 7) is 4.28. The molecule has 1 heterocycles. The van der Waals surface area contributed by atoms with E-state index >= 15 is 0 Å². The number of unbranched alkanes of at least 4 members (excludes halogenated alkanes) is 1. The van der Waals surface area contributed by atoms with Crippen LogP contribution in [0.25, 0.3) is 0 Å². The first-order valence-electron chi connectivity index (χ1n) is 8.19. The molecule has 1 aromatic carbocycles. The number of carbonyl (C=O) groups is 1. The van der Waals surface area contributed by atoms with Gasteiger partial charge in [-0.25, -0.2) is 4.79 Å². The summed E-state index contributed by atoms with van der Waals surface area (Å²) in [7, 11) is 0. The molecule has 0 amide bonds. The van der Waals surface area contributed by atoms with Crippen LogP contribution in [0.5, 0.6) is 5.75 Å². The fourth-order valence-electron chi connectivity index (χ4n) is 2.75. The first-order chi connectivity index (χ1) is 10.2. The van der Waals surface area contributed by atoms with Gasteiger partial charge in [-0.05, 0) is 37.3 Å². The van der Waals surface area contributed by atoms with Crippen molar-refractivity contribution in [2.45, 2.75) is 71.0 Å². The Morgan fingerprint density at radius 3 is 2.86 bits per heavy atom. The number of hydrogen-bond donors (Lipinski definition) is 0. The molecule has 0 saturated carbocycles. The second-order valence-corrected chi connectivity index (χ2v) is 5.74. The number of para-hydroxylation sites is 1. The highest BCUT2D eigenvalue weighted by atomic mass is 16.6. The number of benzene rings is 1. The van der Waals surface area contributed by atoms with Gasteiger partial charge in [0.1, 0.15) is 11.9 Å². The van der Waals surface area contributed by atoms with Crippen LogP contribution >= 0.6 is 0 Å². The van der Waals surface area contributed by atoms with Crippen molar-refractivity contribution in [2.75, 3.05) is 0 Å². The molecule has 2 unspecified atom stereocenters. The maximum Gasteiger partial charge on any atom is 0.347 e. The molecule has 3 heteroatoms. The Kier molecular flexibility index (Phi) is 6.09. The van der Waals surface area contributed by atoms with Crippen LogP contribution in [0.2, 0.25) is 0 Å². The molecule has 0 spiro atoms. The zero-order chi connectivity index (χ0) is 15.1. The molecule has 0 aliphatic carbocycles. The van der Waals surface area contributed by atoms with Gasteiger partial charge >= 0.3 is 5.97 Å². The van der Waals surface area contributed by atoms with Crippen LogP contribution in [0.15, 0.2) is 24.3 Å². The van der Waals surface area contributed by atoms with Crippen LogP contribution in [-0.2, 0) is 16.0 Å². The van der Waals surface area contributed by atoms with Gasteiger partial charge in [-0.2, -0.15) is 0 Å². The van der Waals surface area contributed by atoms with Crippen LogP contribution < -0.4 is 4.74 Å². The fourth-order valence-corrected chi connectivity index (χ4v) is 2.75. The van der Waals surface area contributed by atoms with Gasteiger partial charge in [0.05, 0.1) is 0 Å². The SMILES string of the molecule is CCCCC(CCC)OC(=O)C1CCc2ccccc2O1. The summed E-state index contributed by atoms with van der Waals surface area (Å²) in [5, 5.41) is 0. The predicted octanol–water partition coefficient (Wildman–Crippen LogP) is 4.28. The monoisotopic (exact) mass is 290 g/mol. The Labute approximate surface area is 127 Å². The quantitative estimate of drug-likeness (QED) is 0.703. The number of rotatable bonds is 7. The molecule has 0 bridgehead atoms. The van der Waals surface area contributed by atoms with Crippen molar-refractivity contribution in [3.63, 3.8) is 0 Å². The topological polar surface area (TPSA) is 35.5 Å². The summed E-state index contributed by atoms with van der Waals surface area (Å²) in [5.41, 5.74) is 1.18. The Bertz CT molecular complexity index is 456. The maximum atomic E-state index is 12.3. The van der Waals surface area contributed by atoms with E-state index in [1.807, 2.05) is 18.2 Å². The number of hydrogen-bond acceptors (Lipinski definition) is 3. The first-order valence-corrected chi connectivity index (χ1v) is 8.19. The van der Waals surface area contributed by atoms with Gasteiger partial charge in [-0.15, -0.1) is 0 Å². The minimum atomic E-state index is -0.444. The second-order valence-electron chi connectivity index (χ2n) is 5.74. The Morgan fingerprint density at radius 1 is 1.29 bits per heavy atom. The molecule has 0 N–H and O–H groups in total. The Balaban J connectivity index is 1.91. The summed E-state index contributed by atoms with van der Waals surface area (Å²) in [6.07, 6.45) is 6.36. The third-order valence-electron chi connectivity index (χ3n) is 3.95. The van der Waals surface area contributed by atoms with E-state index in [2.05, 4.69) is 19.9 Å². The molecule has 1 aliphatic heterocycles. The minimum Gasteiger partial charge on any atom is -0.478 e. The van der Waals surface area contributed by atoms with Crippen LogP contribution in [0, 0.1) is 0 Å². The lowest BCUT2D eigenvalue weighted by atomic mass is 10.0. The van der Waals surface area contributed by atoms with Crippen molar-refractivity contribution < 1.29 is 14.3 Å². The molecule has 0 fully saturated rings. The molecular formula is C18H26O3. The van der Waals surface area contributed by atoms with E-state index in [0.29, 0.717) is 6.42 Å². The molecule has 0 radical (unpaired) electrons. The number of fused-ring (bicyclic) bond motifs is 1. The fraction of sp³-hybridized carbons (Fsp3) is 0.611. The largest absolute Gasteiger partial charge is 0.478 e.